The van der Waals surface area contributed by atoms with E-state index in [-0.39, 0.29) is 11.9 Å². The number of carbonyl (C=O) groups excluding carboxylic acids is 2. The number of hydrogen-bond donors (Lipinski definition) is 2. The zero-order valence-corrected chi connectivity index (χ0v) is 15.3. The van der Waals surface area contributed by atoms with Gasteiger partial charge in [-0.25, -0.2) is 9.48 Å². The Morgan fingerprint density at radius 1 is 1.07 bits per heavy atom. The van der Waals surface area contributed by atoms with Crippen LogP contribution in [-0.2, 0) is 0 Å². The normalized spacial score (nSPS) is 13.3. The summed E-state index contributed by atoms with van der Waals surface area (Å²) in [5.41, 5.74) is 2.55. The van der Waals surface area contributed by atoms with Gasteiger partial charge in [0, 0.05) is 30.7 Å². The highest BCUT2D eigenvalue weighted by Crippen LogP contribution is 2.20. The van der Waals surface area contributed by atoms with E-state index in [1.54, 1.807) is 53.2 Å². The van der Waals surface area contributed by atoms with Gasteiger partial charge >= 0.3 is 6.03 Å². The monoisotopic (exact) mass is 377 g/mol. The summed E-state index contributed by atoms with van der Waals surface area (Å²) >= 11 is 0. The van der Waals surface area contributed by atoms with Crippen LogP contribution in [0.1, 0.15) is 10.5 Å². The molecular weight excluding hydrogens is 358 g/mol. The Hall–Kier alpha value is -3.81. The van der Waals surface area contributed by atoms with Crippen molar-refractivity contribution in [3.63, 3.8) is 0 Å². The third kappa shape index (κ3) is 3.52. The number of urea groups is 1. The fourth-order valence-electron chi connectivity index (χ4n) is 2.96. The second-order valence-corrected chi connectivity index (χ2v) is 6.23. The third-order valence-electron chi connectivity index (χ3n) is 4.45. The number of nitrogens with zero attached hydrogens (tertiary/aromatic N) is 3. The van der Waals surface area contributed by atoms with Gasteiger partial charge in [-0.2, -0.15) is 5.10 Å². The molecule has 2 heterocycles. The number of nitrogens with one attached hydrogen (secondary N) is 2. The van der Waals surface area contributed by atoms with Gasteiger partial charge in [-0.15, -0.1) is 0 Å². The van der Waals surface area contributed by atoms with Gasteiger partial charge in [-0.05, 0) is 54.6 Å². The number of methoxy groups -OCH3 is 1. The maximum Gasteiger partial charge on any atom is 0.321 e. The Balaban J connectivity index is 1.43. The van der Waals surface area contributed by atoms with E-state index >= 15 is 0 Å². The molecule has 1 aliphatic rings. The minimum Gasteiger partial charge on any atom is -0.497 e. The molecule has 0 unspecified atom stereocenters. The van der Waals surface area contributed by atoms with Gasteiger partial charge in [0.2, 0.25) is 0 Å². The summed E-state index contributed by atoms with van der Waals surface area (Å²) in [5.74, 6) is 0.447. The Labute approximate surface area is 161 Å². The Kier molecular flexibility index (Phi) is 4.67. The number of aromatic nitrogens is 2. The van der Waals surface area contributed by atoms with E-state index in [4.69, 9.17) is 4.74 Å². The predicted molar refractivity (Wildman–Crippen MR) is 105 cm³/mol. The molecule has 28 heavy (non-hydrogen) atoms. The number of benzene rings is 2. The number of carbonyl (C=O) groups is 2. The highest BCUT2D eigenvalue weighted by Gasteiger charge is 2.21. The Morgan fingerprint density at radius 2 is 1.79 bits per heavy atom. The smallest absolute Gasteiger partial charge is 0.321 e. The molecule has 3 amide bonds. The minimum atomic E-state index is -0.307. The van der Waals surface area contributed by atoms with E-state index in [1.165, 1.54) is 0 Å². The fraction of sp³-hybridized carbons (Fsp3) is 0.150. The van der Waals surface area contributed by atoms with Crippen LogP contribution in [0.2, 0.25) is 0 Å². The first-order chi connectivity index (χ1) is 13.6. The summed E-state index contributed by atoms with van der Waals surface area (Å²) in [6.07, 6.45) is 1.73. The largest absolute Gasteiger partial charge is 0.497 e. The molecule has 3 aromatic rings. The van der Waals surface area contributed by atoms with E-state index in [0.29, 0.717) is 24.5 Å². The number of hydrogen-bond acceptors (Lipinski definition) is 4. The first-order valence-corrected chi connectivity index (χ1v) is 8.81. The van der Waals surface area contributed by atoms with Gasteiger partial charge in [0.15, 0.2) is 5.69 Å². The standard InChI is InChI=1S/C20H19N5O3/c1-28-17-8-6-16(7-9-17)25-12-10-18(23-25)19(26)22-14-2-4-15(5-3-14)24-13-11-21-20(24)27/h2-10,12H,11,13H2,1H3,(H,21,27)(H,22,26). The molecule has 0 aliphatic carbocycles. The molecule has 4 rings (SSSR count). The molecule has 0 atom stereocenters. The minimum absolute atomic E-state index is 0.110. The molecule has 0 saturated carbocycles. The predicted octanol–water partition coefficient (Wildman–Crippen LogP) is 2.66. The zero-order chi connectivity index (χ0) is 19.5. The zero-order valence-electron chi connectivity index (χ0n) is 15.3. The Bertz CT molecular complexity index is 995. The van der Waals surface area contributed by atoms with Crippen molar-refractivity contribution in [2.75, 3.05) is 30.4 Å². The van der Waals surface area contributed by atoms with Crippen LogP contribution in [-0.4, -0.2) is 41.9 Å². The molecule has 1 aliphatic heterocycles. The van der Waals surface area contributed by atoms with Crippen LogP contribution in [0.15, 0.2) is 60.8 Å². The summed E-state index contributed by atoms with van der Waals surface area (Å²) in [4.78, 5) is 25.8. The molecule has 2 N–H and O–H groups in total. The number of rotatable bonds is 5. The molecule has 0 bridgehead atoms. The maximum atomic E-state index is 12.5. The summed E-state index contributed by atoms with van der Waals surface area (Å²) in [7, 11) is 1.61. The van der Waals surface area contributed by atoms with Crippen molar-refractivity contribution in [3.05, 3.63) is 66.5 Å². The summed E-state index contributed by atoms with van der Waals surface area (Å²) in [5, 5.41) is 9.90. The molecule has 0 radical (unpaired) electrons. The molecular formula is C20H19N5O3. The van der Waals surface area contributed by atoms with Crippen molar-refractivity contribution < 1.29 is 14.3 Å². The van der Waals surface area contributed by atoms with Crippen molar-refractivity contribution in [1.82, 2.24) is 15.1 Å². The number of ether oxygens (including phenoxy) is 1. The lowest BCUT2D eigenvalue weighted by atomic mass is 10.2. The number of anilines is 2. The van der Waals surface area contributed by atoms with E-state index in [1.807, 2.05) is 24.3 Å². The molecule has 2 aromatic carbocycles. The molecule has 8 nitrogen and oxygen atoms in total. The van der Waals surface area contributed by atoms with Crippen LogP contribution < -0.4 is 20.3 Å². The van der Waals surface area contributed by atoms with Crippen LogP contribution in [0.25, 0.3) is 5.69 Å². The second-order valence-electron chi connectivity index (χ2n) is 6.23. The maximum absolute atomic E-state index is 12.5. The lowest BCUT2D eigenvalue weighted by Crippen LogP contribution is -2.27. The SMILES string of the molecule is COc1ccc(-n2ccc(C(=O)Nc3ccc(N4CCNC4=O)cc3)n2)cc1. The van der Waals surface area contributed by atoms with E-state index in [0.717, 1.165) is 17.1 Å². The molecule has 0 spiro atoms. The van der Waals surface area contributed by atoms with Crippen molar-refractivity contribution in [1.29, 1.82) is 0 Å². The van der Waals surface area contributed by atoms with Gasteiger partial charge in [0.25, 0.3) is 5.91 Å². The average Bonchev–Trinajstić information content (AvgIpc) is 3.38. The van der Waals surface area contributed by atoms with Crippen LogP contribution >= 0.6 is 0 Å². The molecule has 8 heteroatoms. The van der Waals surface area contributed by atoms with Gasteiger partial charge in [-0.3, -0.25) is 9.69 Å². The third-order valence-corrected chi connectivity index (χ3v) is 4.45. The molecule has 1 fully saturated rings. The topological polar surface area (TPSA) is 88.5 Å². The first kappa shape index (κ1) is 17.6. The quantitative estimate of drug-likeness (QED) is 0.715. The fourth-order valence-corrected chi connectivity index (χ4v) is 2.96. The van der Waals surface area contributed by atoms with Crippen LogP contribution in [0.3, 0.4) is 0 Å². The van der Waals surface area contributed by atoms with Crippen molar-refractivity contribution in [2.24, 2.45) is 0 Å². The highest BCUT2D eigenvalue weighted by atomic mass is 16.5. The van der Waals surface area contributed by atoms with Gasteiger partial charge in [0.1, 0.15) is 5.75 Å². The highest BCUT2D eigenvalue weighted by molar-refractivity contribution is 6.03. The van der Waals surface area contributed by atoms with Gasteiger partial charge < -0.3 is 15.4 Å². The van der Waals surface area contributed by atoms with Crippen LogP contribution in [0.5, 0.6) is 5.75 Å². The summed E-state index contributed by atoms with van der Waals surface area (Å²) in [6, 6.07) is 16.1. The summed E-state index contributed by atoms with van der Waals surface area (Å²) in [6.45, 7) is 1.27. The average molecular weight is 377 g/mol. The van der Waals surface area contributed by atoms with Crippen LogP contribution in [0, 0.1) is 0 Å². The van der Waals surface area contributed by atoms with Crippen molar-refractivity contribution in [3.8, 4) is 11.4 Å². The van der Waals surface area contributed by atoms with Gasteiger partial charge in [-0.1, -0.05) is 0 Å². The van der Waals surface area contributed by atoms with E-state index in [2.05, 4.69) is 15.7 Å². The molecule has 1 saturated heterocycles. The lowest BCUT2D eigenvalue weighted by Gasteiger charge is -2.14. The van der Waals surface area contributed by atoms with Crippen molar-refractivity contribution in [2.45, 2.75) is 0 Å². The Morgan fingerprint density at radius 3 is 2.43 bits per heavy atom. The van der Waals surface area contributed by atoms with E-state index < -0.39 is 0 Å². The summed E-state index contributed by atoms with van der Waals surface area (Å²) < 4.78 is 6.77. The molecule has 142 valence electrons. The van der Waals surface area contributed by atoms with Crippen LogP contribution in [0.4, 0.5) is 16.2 Å². The van der Waals surface area contributed by atoms with E-state index in [9.17, 15) is 9.59 Å². The number of amides is 3. The molecule has 1 aromatic heterocycles. The first-order valence-electron chi connectivity index (χ1n) is 8.81. The second kappa shape index (κ2) is 7.43. The van der Waals surface area contributed by atoms with Crippen molar-refractivity contribution >= 4 is 23.3 Å². The van der Waals surface area contributed by atoms with Gasteiger partial charge in [0.05, 0.1) is 12.8 Å². The lowest BCUT2D eigenvalue weighted by molar-refractivity contribution is 0.102.